The van der Waals surface area contributed by atoms with E-state index in [2.05, 4.69) is 30.3 Å². The number of benzene rings is 2. The normalized spacial score (nSPS) is 11.3. The third kappa shape index (κ3) is 1.12. The summed E-state index contributed by atoms with van der Waals surface area (Å²) in [6, 6.07) is 14.6. The van der Waals surface area contributed by atoms with E-state index in [4.69, 9.17) is 4.42 Å². The number of rotatable bonds is 0. The van der Waals surface area contributed by atoms with Crippen LogP contribution in [0, 0.1) is 0 Å². The van der Waals surface area contributed by atoms with Crippen molar-refractivity contribution in [2.75, 3.05) is 0 Å². The number of furan rings is 1. The van der Waals surface area contributed by atoms with Crippen LogP contribution in [0.4, 0.5) is 0 Å². The second kappa shape index (κ2) is 3.09. The Labute approximate surface area is 97.7 Å². The van der Waals surface area contributed by atoms with Crippen molar-refractivity contribution in [1.29, 1.82) is 0 Å². The van der Waals surface area contributed by atoms with Gasteiger partial charge in [0.15, 0.2) is 0 Å². The van der Waals surface area contributed by atoms with Gasteiger partial charge in [0, 0.05) is 0 Å². The van der Waals surface area contributed by atoms with Gasteiger partial charge < -0.3 is 0 Å². The van der Waals surface area contributed by atoms with Crippen molar-refractivity contribution in [3.8, 4) is 0 Å². The van der Waals surface area contributed by atoms with E-state index in [1.54, 1.807) is 0 Å². The Bertz CT molecular complexity index is 610. The average molecular weight is 368 g/mol. The molecule has 0 fully saturated rings. The van der Waals surface area contributed by atoms with E-state index in [0.717, 1.165) is 11.2 Å². The van der Waals surface area contributed by atoms with Gasteiger partial charge in [-0.15, -0.1) is 0 Å². The molecule has 0 aliphatic rings. The maximum absolute atomic E-state index is 5.83. The Morgan fingerprint density at radius 3 is 2.57 bits per heavy atom. The molecule has 0 atom stereocenters. The summed E-state index contributed by atoms with van der Waals surface area (Å²) in [7, 11) is 0. The van der Waals surface area contributed by atoms with Gasteiger partial charge in [0.25, 0.3) is 0 Å². The molecule has 1 nitrogen and oxygen atoms in total. The first-order valence-electron chi connectivity index (χ1n) is 4.58. The Balaban J connectivity index is 2.63. The molecule has 2 aromatic carbocycles. The fourth-order valence-electron chi connectivity index (χ4n) is 1.81. The SMILES string of the molecule is [Hg][c]1cccc2c1oc1ccccc12. The number of para-hydroxylation sites is 2. The third-order valence-electron chi connectivity index (χ3n) is 2.49. The van der Waals surface area contributed by atoms with E-state index in [1.165, 1.54) is 13.8 Å². The molecule has 3 rings (SSSR count). The van der Waals surface area contributed by atoms with Gasteiger partial charge in [0.2, 0.25) is 0 Å². The van der Waals surface area contributed by atoms with E-state index in [-0.39, 0.29) is 0 Å². The summed E-state index contributed by atoms with van der Waals surface area (Å²) in [6.45, 7) is 0. The van der Waals surface area contributed by atoms with Gasteiger partial charge in [-0.05, 0) is 0 Å². The Hall–Kier alpha value is -0.825. The molecule has 0 aliphatic heterocycles. The monoisotopic (exact) mass is 369 g/mol. The van der Waals surface area contributed by atoms with Crippen molar-refractivity contribution >= 4 is 25.0 Å². The van der Waals surface area contributed by atoms with Gasteiger partial charge in [-0.25, -0.2) is 0 Å². The molecule has 63 valence electrons. The zero-order valence-corrected chi connectivity index (χ0v) is 13.2. The van der Waals surface area contributed by atoms with E-state index < -0.39 is 0 Å². The van der Waals surface area contributed by atoms with Gasteiger partial charge in [-0.3, -0.25) is 0 Å². The zero-order valence-electron chi connectivity index (χ0n) is 7.66. The summed E-state index contributed by atoms with van der Waals surface area (Å²) < 4.78 is 7.22. The van der Waals surface area contributed by atoms with Gasteiger partial charge >= 0.3 is 98.0 Å². The molecule has 0 saturated carbocycles. The molecule has 0 amide bonds. The second-order valence-corrected chi connectivity index (χ2v) is 6.35. The summed E-state index contributed by atoms with van der Waals surface area (Å²) in [5.74, 6) is 0. The number of hydrogen-bond donors (Lipinski definition) is 0. The van der Waals surface area contributed by atoms with Crippen molar-refractivity contribution in [2.24, 2.45) is 0 Å². The predicted octanol–water partition coefficient (Wildman–Crippen LogP) is 2.76. The van der Waals surface area contributed by atoms with Crippen molar-refractivity contribution in [2.45, 2.75) is 0 Å². The molecule has 3 aromatic rings. The van der Waals surface area contributed by atoms with Crippen molar-refractivity contribution in [3.63, 3.8) is 0 Å². The molecule has 0 spiro atoms. The van der Waals surface area contributed by atoms with Crippen LogP contribution in [0.2, 0.25) is 0 Å². The number of fused-ring (bicyclic) bond motifs is 3. The molecular formula is C12H7HgO. The minimum atomic E-state index is 0.615. The van der Waals surface area contributed by atoms with E-state index in [1.807, 2.05) is 12.1 Å². The molecule has 0 saturated heterocycles. The summed E-state index contributed by atoms with van der Waals surface area (Å²) >= 11 is 0.615. The zero-order chi connectivity index (χ0) is 9.54. The molecule has 0 aliphatic carbocycles. The molecular weight excluding hydrogens is 361 g/mol. The van der Waals surface area contributed by atoms with Crippen LogP contribution in [0.3, 0.4) is 0 Å². The molecule has 0 N–H and O–H groups in total. The molecule has 0 unspecified atom stereocenters. The Kier molecular flexibility index (Phi) is 1.87. The molecule has 0 radical (unpaired) electrons. The van der Waals surface area contributed by atoms with Crippen LogP contribution in [0.15, 0.2) is 46.9 Å². The van der Waals surface area contributed by atoms with Crippen molar-refractivity contribution < 1.29 is 30.5 Å². The van der Waals surface area contributed by atoms with Crippen LogP contribution in [0.1, 0.15) is 0 Å². The van der Waals surface area contributed by atoms with E-state index in [0.29, 0.717) is 26.1 Å². The summed E-state index contributed by atoms with van der Waals surface area (Å²) in [5.41, 5.74) is 2.09. The fraction of sp³-hybridized carbons (Fsp3) is 0. The van der Waals surface area contributed by atoms with E-state index >= 15 is 0 Å². The van der Waals surface area contributed by atoms with Crippen LogP contribution >= 0.6 is 0 Å². The topological polar surface area (TPSA) is 13.1 Å². The van der Waals surface area contributed by atoms with Gasteiger partial charge in [0.05, 0.1) is 0 Å². The fourth-order valence-corrected chi connectivity index (χ4v) is 3.36. The molecule has 0 bridgehead atoms. The minimum absolute atomic E-state index is 0.615. The van der Waals surface area contributed by atoms with Crippen LogP contribution in [-0.2, 0) is 26.1 Å². The molecule has 1 heterocycles. The molecule has 1 aromatic heterocycles. The first kappa shape index (κ1) is 8.48. The van der Waals surface area contributed by atoms with Crippen molar-refractivity contribution in [1.82, 2.24) is 0 Å². The van der Waals surface area contributed by atoms with Crippen molar-refractivity contribution in [3.05, 3.63) is 42.5 Å². The van der Waals surface area contributed by atoms with Crippen LogP contribution in [0.5, 0.6) is 0 Å². The van der Waals surface area contributed by atoms with Gasteiger partial charge in [0.1, 0.15) is 0 Å². The van der Waals surface area contributed by atoms with E-state index in [9.17, 15) is 0 Å². The summed E-state index contributed by atoms with van der Waals surface area (Å²) in [6.07, 6.45) is 0. The van der Waals surface area contributed by atoms with Gasteiger partial charge in [-0.1, -0.05) is 0 Å². The quantitative estimate of drug-likeness (QED) is 0.557. The second-order valence-electron chi connectivity index (χ2n) is 3.39. The Morgan fingerprint density at radius 1 is 0.857 bits per heavy atom. The van der Waals surface area contributed by atoms with Crippen LogP contribution in [-0.4, -0.2) is 0 Å². The van der Waals surface area contributed by atoms with Gasteiger partial charge in [-0.2, -0.15) is 0 Å². The standard InChI is InChI=1S/C12H7O.Hg/c1-3-7-11-9(5-1)10-6-2-4-8-12(10)13-11;/h1-7H;. The van der Waals surface area contributed by atoms with Crippen LogP contribution < -0.4 is 3.07 Å². The average Bonchev–Trinajstić information content (AvgIpc) is 2.59. The maximum atomic E-state index is 5.83. The summed E-state index contributed by atoms with van der Waals surface area (Å²) in [5, 5.41) is 2.49. The summed E-state index contributed by atoms with van der Waals surface area (Å²) in [4.78, 5) is 0. The third-order valence-corrected chi connectivity index (χ3v) is 4.65. The predicted molar refractivity (Wildman–Crippen MR) is 53.4 cm³/mol. The Morgan fingerprint density at radius 2 is 1.64 bits per heavy atom. The first-order chi connectivity index (χ1) is 6.86. The first-order valence-corrected chi connectivity index (χ1v) is 7.33. The molecule has 2 heteroatoms. The number of hydrogen-bond acceptors (Lipinski definition) is 1. The molecule has 14 heavy (non-hydrogen) atoms. The van der Waals surface area contributed by atoms with Crippen LogP contribution in [0.25, 0.3) is 21.9 Å².